The van der Waals surface area contributed by atoms with E-state index in [4.69, 9.17) is 0 Å². The Bertz CT molecular complexity index is 324. The summed E-state index contributed by atoms with van der Waals surface area (Å²) in [6.45, 7) is 4.89. The molecule has 0 bridgehead atoms. The van der Waals surface area contributed by atoms with E-state index in [9.17, 15) is 9.90 Å². The molecule has 0 aliphatic carbocycles. The van der Waals surface area contributed by atoms with Crippen LogP contribution >= 0.6 is 0 Å². The van der Waals surface area contributed by atoms with Gasteiger partial charge >= 0.3 is 0 Å². The lowest BCUT2D eigenvalue weighted by Crippen LogP contribution is -2.43. The summed E-state index contributed by atoms with van der Waals surface area (Å²) in [7, 11) is 0. The summed E-state index contributed by atoms with van der Waals surface area (Å²) in [5.74, 6) is 0.249. The Kier molecular flexibility index (Phi) is 4.83. The van der Waals surface area contributed by atoms with Crippen LogP contribution in [0.2, 0.25) is 0 Å². The van der Waals surface area contributed by atoms with Crippen molar-refractivity contribution in [2.45, 2.75) is 26.2 Å². The second kappa shape index (κ2) is 6.16. The third-order valence-corrected chi connectivity index (χ3v) is 2.84. The second-order valence-corrected chi connectivity index (χ2v) is 3.82. The first kappa shape index (κ1) is 12.6. The lowest BCUT2D eigenvalue weighted by atomic mass is 9.96. The van der Waals surface area contributed by atoms with Crippen LogP contribution in [0, 0.1) is 0 Å². The van der Waals surface area contributed by atoms with Gasteiger partial charge in [-0.1, -0.05) is 37.3 Å². The topological polar surface area (TPSA) is 43.4 Å². The van der Waals surface area contributed by atoms with Crippen LogP contribution in [0.4, 0.5) is 4.79 Å². The Morgan fingerprint density at radius 3 is 2.38 bits per heavy atom. The standard InChI is InChI=1S/C13H19NO2/c1-3-11(10-14(4-2)13(15)16)12-8-6-5-7-9-12/h5-9,11H,3-4,10H2,1-2H3,(H,15,16)/p-1. The number of amides is 1. The molecule has 0 spiro atoms. The van der Waals surface area contributed by atoms with Gasteiger partial charge in [0.25, 0.3) is 0 Å². The molecule has 0 radical (unpaired) electrons. The number of rotatable bonds is 5. The van der Waals surface area contributed by atoms with Gasteiger partial charge in [0.05, 0.1) is 0 Å². The Labute approximate surface area is 96.7 Å². The van der Waals surface area contributed by atoms with Crippen molar-refractivity contribution >= 4 is 6.09 Å². The molecular formula is C13H18NO2-. The zero-order valence-electron chi connectivity index (χ0n) is 9.85. The number of carbonyl (C=O) groups is 1. The van der Waals surface area contributed by atoms with Crippen LogP contribution in [0.25, 0.3) is 0 Å². The second-order valence-electron chi connectivity index (χ2n) is 3.82. The number of benzene rings is 1. The van der Waals surface area contributed by atoms with Crippen molar-refractivity contribution in [2.24, 2.45) is 0 Å². The minimum absolute atomic E-state index is 0.249. The quantitative estimate of drug-likeness (QED) is 0.760. The average molecular weight is 220 g/mol. The lowest BCUT2D eigenvalue weighted by Gasteiger charge is -2.28. The predicted octanol–water partition coefficient (Wildman–Crippen LogP) is 1.85. The van der Waals surface area contributed by atoms with Gasteiger partial charge in [0, 0.05) is 19.0 Å². The van der Waals surface area contributed by atoms with Gasteiger partial charge in [-0.2, -0.15) is 0 Å². The SMILES string of the molecule is CCC(CN(CC)C(=O)[O-])c1ccccc1. The molecule has 0 N–H and O–H groups in total. The van der Waals surface area contributed by atoms with Gasteiger partial charge in [-0.3, -0.25) is 0 Å². The number of nitrogens with zero attached hydrogens (tertiary/aromatic N) is 1. The Hall–Kier alpha value is -1.51. The van der Waals surface area contributed by atoms with Crippen LogP contribution in [0.3, 0.4) is 0 Å². The van der Waals surface area contributed by atoms with Gasteiger partial charge in [0.15, 0.2) is 0 Å². The molecular weight excluding hydrogens is 202 g/mol. The Balaban J connectivity index is 2.72. The van der Waals surface area contributed by atoms with E-state index in [0.717, 1.165) is 6.42 Å². The molecule has 0 fully saturated rings. The number of hydrogen-bond acceptors (Lipinski definition) is 2. The van der Waals surface area contributed by atoms with Crippen LogP contribution in [-0.4, -0.2) is 24.1 Å². The summed E-state index contributed by atoms with van der Waals surface area (Å²) in [6.07, 6.45) is -0.162. The third kappa shape index (κ3) is 3.26. The molecule has 0 heterocycles. The zero-order valence-corrected chi connectivity index (χ0v) is 9.85. The summed E-state index contributed by atoms with van der Waals surface area (Å²) < 4.78 is 0. The molecule has 1 atom stereocenters. The Morgan fingerprint density at radius 1 is 1.31 bits per heavy atom. The van der Waals surface area contributed by atoms with E-state index in [1.165, 1.54) is 10.5 Å². The fourth-order valence-corrected chi connectivity index (χ4v) is 1.79. The molecule has 0 saturated heterocycles. The van der Waals surface area contributed by atoms with Crippen molar-refractivity contribution in [2.75, 3.05) is 13.1 Å². The molecule has 1 rings (SSSR count). The van der Waals surface area contributed by atoms with Gasteiger partial charge in [-0.05, 0) is 18.9 Å². The first-order chi connectivity index (χ1) is 7.69. The minimum atomic E-state index is -1.09. The smallest absolute Gasteiger partial charge is 0.136 e. The molecule has 0 saturated carbocycles. The highest BCUT2D eigenvalue weighted by Gasteiger charge is 2.13. The van der Waals surface area contributed by atoms with E-state index >= 15 is 0 Å². The van der Waals surface area contributed by atoms with E-state index in [1.54, 1.807) is 0 Å². The van der Waals surface area contributed by atoms with Crippen LogP contribution in [0.5, 0.6) is 0 Å². The van der Waals surface area contributed by atoms with Crippen molar-refractivity contribution in [1.82, 2.24) is 4.90 Å². The summed E-state index contributed by atoms with van der Waals surface area (Å²) in [5.41, 5.74) is 1.18. The number of likely N-dealkylation sites (N-methyl/N-ethyl adjacent to an activating group) is 1. The van der Waals surface area contributed by atoms with Gasteiger partial charge in [0.1, 0.15) is 6.09 Å². The summed E-state index contributed by atoms with van der Waals surface area (Å²) in [6, 6.07) is 10.0. The first-order valence-electron chi connectivity index (χ1n) is 5.69. The number of hydrogen-bond donors (Lipinski definition) is 0. The Morgan fingerprint density at radius 2 is 1.94 bits per heavy atom. The average Bonchev–Trinajstić information content (AvgIpc) is 2.31. The monoisotopic (exact) mass is 220 g/mol. The first-order valence-corrected chi connectivity index (χ1v) is 5.69. The molecule has 1 unspecified atom stereocenters. The number of carboxylic acid groups (broad SMARTS) is 1. The summed E-state index contributed by atoms with van der Waals surface area (Å²) in [4.78, 5) is 12.2. The minimum Gasteiger partial charge on any atom is -0.530 e. The van der Waals surface area contributed by atoms with Crippen molar-refractivity contribution < 1.29 is 9.90 Å². The molecule has 1 aromatic carbocycles. The van der Waals surface area contributed by atoms with E-state index < -0.39 is 6.09 Å². The molecule has 16 heavy (non-hydrogen) atoms. The largest absolute Gasteiger partial charge is 0.530 e. The fourth-order valence-electron chi connectivity index (χ4n) is 1.79. The van der Waals surface area contributed by atoms with Crippen molar-refractivity contribution in [1.29, 1.82) is 0 Å². The van der Waals surface area contributed by atoms with Crippen LogP contribution in [0.15, 0.2) is 30.3 Å². The molecule has 1 aromatic rings. The molecule has 0 aliphatic heterocycles. The summed E-state index contributed by atoms with van der Waals surface area (Å²) in [5, 5.41) is 10.8. The molecule has 0 aromatic heterocycles. The molecule has 3 heteroatoms. The molecule has 88 valence electrons. The summed E-state index contributed by atoms with van der Waals surface area (Å²) >= 11 is 0. The van der Waals surface area contributed by atoms with E-state index in [2.05, 4.69) is 6.92 Å². The number of carbonyl (C=O) groups excluding carboxylic acids is 1. The van der Waals surface area contributed by atoms with Crippen LogP contribution < -0.4 is 5.11 Å². The highest BCUT2D eigenvalue weighted by molar-refractivity contribution is 5.62. The third-order valence-electron chi connectivity index (χ3n) is 2.84. The van der Waals surface area contributed by atoms with Gasteiger partial charge in [-0.25, -0.2) is 0 Å². The normalized spacial score (nSPS) is 12.1. The maximum atomic E-state index is 10.8. The van der Waals surface area contributed by atoms with E-state index in [0.29, 0.717) is 13.1 Å². The van der Waals surface area contributed by atoms with Crippen LogP contribution in [0.1, 0.15) is 31.7 Å². The van der Waals surface area contributed by atoms with Crippen molar-refractivity contribution in [3.63, 3.8) is 0 Å². The zero-order chi connectivity index (χ0) is 12.0. The van der Waals surface area contributed by atoms with E-state index in [1.807, 2.05) is 37.3 Å². The van der Waals surface area contributed by atoms with Crippen molar-refractivity contribution in [3.05, 3.63) is 35.9 Å². The molecule has 1 amide bonds. The highest BCUT2D eigenvalue weighted by atomic mass is 16.4. The van der Waals surface area contributed by atoms with Gasteiger partial charge < -0.3 is 14.8 Å². The molecule has 0 aliphatic rings. The molecule has 3 nitrogen and oxygen atoms in total. The maximum absolute atomic E-state index is 10.8. The predicted molar refractivity (Wildman–Crippen MR) is 62.1 cm³/mol. The highest BCUT2D eigenvalue weighted by Crippen LogP contribution is 2.20. The fraction of sp³-hybridized carbons (Fsp3) is 0.462. The van der Waals surface area contributed by atoms with Crippen molar-refractivity contribution in [3.8, 4) is 0 Å². The maximum Gasteiger partial charge on any atom is 0.136 e. The van der Waals surface area contributed by atoms with Gasteiger partial charge in [0.2, 0.25) is 0 Å². The van der Waals surface area contributed by atoms with Gasteiger partial charge in [-0.15, -0.1) is 0 Å². The van der Waals surface area contributed by atoms with Crippen LogP contribution in [-0.2, 0) is 0 Å². The lowest BCUT2D eigenvalue weighted by molar-refractivity contribution is -0.265. The van der Waals surface area contributed by atoms with E-state index in [-0.39, 0.29) is 5.92 Å².